The van der Waals surface area contributed by atoms with E-state index in [1.54, 1.807) is 19.0 Å². The van der Waals surface area contributed by atoms with Crippen LogP contribution in [0, 0.1) is 10.8 Å². The highest BCUT2D eigenvalue weighted by Crippen LogP contribution is 2.58. The van der Waals surface area contributed by atoms with Crippen LogP contribution in [-0.2, 0) is 11.3 Å². The molecule has 158 valence electrons. The SMILES string of the molecule is CCN1CC[C@]2(CN(C(=O)N(C)C)CC23CCN(Cc2ccccn2)CC3)C1=O. The maximum Gasteiger partial charge on any atom is 0.319 e. The summed E-state index contributed by atoms with van der Waals surface area (Å²) >= 11 is 0. The molecule has 2 spiro atoms. The van der Waals surface area contributed by atoms with Crippen LogP contribution in [0.25, 0.3) is 0 Å². The standard InChI is InChI=1S/C22H33N5O2/c1-4-26-14-10-22(19(26)28)17-27(20(29)24(2)3)16-21(22)8-12-25(13-9-21)15-18-7-5-6-11-23-18/h5-7,11H,4,8-10,12-17H2,1-3H3/t22-/m0/s1. The van der Waals surface area contributed by atoms with Gasteiger partial charge in [0.1, 0.15) is 0 Å². The minimum absolute atomic E-state index is 0.0277. The van der Waals surface area contributed by atoms with E-state index >= 15 is 0 Å². The van der Waals surface area contributed by atoms with Gasteiger partial charge in [-0.15, -0.1) is 0 Å². The number of rotatable bonds is 3. The third-order valence-electron chi connectivity index (χ3n) is 7.43. The highest BCUT2D eigenvalue weighted by Gasteiger charge is 2.65. The summed E-state index contributed by atoms with van der Waals surface area (Å²) in [4.78, 5) is 38.7. The van der Waals surface area contributed by atoms with Crippen LogP contribution in [0.15, 0.2) is 24.4 Å². The summed E-state index contributed by atoms with van der Waals surface area (Å²) in [6, 6.07) is 6.07. The Bertz CT molecular complexity index is 760. The summed E-state index contributed by atoms with van der Waals surface area (Å²) in [7, 11) is 3.59. The molecule has 0 aromatic carbocycles. The summed E-state index contributed by atoms with van der Waals surface area (Å²) in [5.74, 6) is 0.271. The van der Waals surface area contributed by atoms with Gasteiger partial charge in [-0.3, -0.25) is 14.7 Å². The number of piperidine rings is 1. The molecule has 0 unspecified atom stereocenters. The molecule has 1 aromatic heterocycles. The lowest BCUT2D eigenvalue weighted by Crippen LogP contribution is -2.52. The molecule has 4 rings (SSSR count). The summed E-state index contributed by atoms with van der Waals surface area (Å²) < 4.78 is 0. The van der Waals surface area contributed by atoms with E-state index in [1.165, 1.54) is 0 Å². The molecule has 7 heteroatoms. The Morgan fingerprint density at radius 1 is 1.14 bits per heavy atom. The van der Waals surface area contributed by atoms with Gasteiger partial charge in [0.15, 0.2) is 0 Å². The largest absolute Gasteiger partial charge is 0.342 e. The molecule has 3 fully saturated rings. The van der Waals surface area contributed by atoms with E-state index in [0.717, 1.165) is 57.7 Å². The predicted octanol–water partition coefficient (Wildman–Crippen LogP) is 1.90. The highest BCUT2D eigenvalue weighted by molar-refractivity contribution is 5.88. The quantitative estimate of drug-likeness (QED) is 0.779. The Hall–Kier alpha value is -2.15. The lowest BCUT2D eigenvalue weighted by molar-refractivity contribution is -0.142. The van der Waals surface area contributed by atoms with Crippen molar-refractivity contribution in [3.63, 3.8) is 0 Å². The number of hydrogen-bond donors (Lipinski definition) is 0. The van der Waals surface area contributed by atoms with Crippen molar-refractivity contribution in [1.29, 1.82) is 0 Å². The van der Waals surface area contributed by atoms with Crippen molar-refractivity contribution in [3.8, 4) is 0 Å². The molecule has 0 saturated carbocycles. The monoisotopic (exact) mass is 399 g/mol. The first-order valence-corrected chi connectivity index (χ1v) is 10.8. The van der Waals surface area contributed by atoms with Crippen molar-refractivity contribution in [3.05, 3.63) is 30.1 Å². The number of hydrogen-bond acceptors (Lipinski definition) is 4. The number of likely N-dealkylation sites (tertiary alicyclic amines) is 3. The summed E-state index contributed by atoms with van der Waals surface area (Å²) in [5.41, 5.74) is 0.564. The van der Waals surface area contributed by atoms with Crippen LogP contribution < -0.4 is 0 Å². The topological polar surface area (TPSA) is 60.0 Å². The second kappa shape index (κ2) is 7.59. The minimum Gasteiger partial charge on any atom is -0.342 e. The third-order valence-corrected chi connectivity index (χ3v) is 7.43. The van der Waals surface area contributed by atoms with Crippen molar-refractivity contribution in [2.45, 2.75) is 32.7 Å². The van der Waals surface area contributed by atoms with E-state index in [1.807, 2.05) is 28.1 Å². The molecule has 0 radical (unpaired) electrons. The molecule has 3 aliphatic heterocycles. The number of aromatic nitrogens is 1. The molecule has 0 bridgehead atoms. The van der Waals surface area contributed by atoms with Gasteiger partial charge in [-0.1, -0.05) is 6.07 Å². The van der Waals surface area contributed by atoms with Gasteiger partial charge in [0.05, 0.1) is 11.1 Å². The number of amides is 3. The summed E-state index contributed by atoms with van der Waals surface area (Å²) in [5, 5.41) is 0. The third kappa shape index (κ3) is 3.29. The first-order valence-electron chi connectivity index (χ1n) is 10.8. The molecular weight excluding hydrogens is 366 g/mol. The molecule has 29 heavy (non-hydrogen) atoms. The van der Waals surface area contributed by atoms with Crippen LogP contribution in [0.1, 0.15) is 31.9 Å². The number of nitrogens with zero attached hydrogens (tertiary/aromatic N) is 5. The van der Waals surface area contributed by atoms with Crippen LogP contribution in [-0.4, -0.2) is 89.9 Å². The number of urea groups is 1. The number of carbonyl (C=O) groups is 2. The second-order valence-electron chi connectivity index (χ2n) is 9.13. The molecular formula is C22H33N5O2. The lowest BCUT2D eigenvalue weighted by atomic mass is 9.60. The first kappa shape index (κ1) is 20.1. The highest BCUT2D eigenvalue weighted by atomic mass is 16.2. The molecule has 3 saturated heterocycles. The van der Waals surface area contributed by atoms with Crippen LogP contribution in [0.3, 0.4) is 0 Å². The van der Waals surface area contributed by atoms with Crippen LogP contribution in [0.4, 0.5) is 4.79 Å². The molecule has 1 atom stereocenters. The smallest absolute Gasteiger partial charge is 0.319 e. The maximum atomic E-state index is 13.5. The van der Waals surface area contributed by atoms with Crippen molar-refractivity contribution < 1.29 is 9.59 Å². The molecule has 0 aliphatic carbocycles. The Morgan fingerprint density at radius 2 is 1.90 bits per heavy atom. The van der Waals surface area contributed by atoms with E-state index in [0.29, 0.717) is 13.1 Å². The van der Waals surface area contributed by atoms with Crippen molar-refractivity contribution in [2.24, 2.45) is 10.8 Å². The van der Waals surface area contributed by atoms with E-state index < -0.39 is 5.41 Å². The summed E-state index contributed by atoms with van der Waals surface area (Å²) in [6.45, 7) is 7.63. The first-order chi connectivity index (χ1) is 13.9. The Labute approximate surface area is 173 Å². The van der Waals surface area contributed by atoms with Gasteiger partial charge >= 0.3 is 6.03 Å². The van der Waals surface area contributed by atoms with Gasteiger partial charge in [-0.2, -0.15) is 0 Å². The average molecular weight is 400 g/mol. The molecule has 7 nitrogen and oxygen atoms in total. The number of pyridine rings is 1. The van der Waals surface area contributed by atoms with Crippen molar-refractivity contribution >= 4 is 11.9 Å². The Balaban J connectivity index is 1.55. The lowest BCUT2D eigenvalue weighted by Gasteiger charge is -2.46. The van der Waals surface area contributed by atoms with Crippen LogP contribution in [0.2, 0.25) is 0 Å². The average Bonchev–Trinajstić information content (AvgIpc) is 3.22. The predicted molar refractivity (Wildman–Crippen MR) is 111 cm³/mol. The van der Waals surface area contributed by atoms with Crippen LogP contribution >= 0.6 is 0 Å². The zero-order valence-corrected chi connectivity index (χ0v) is 17.9. The van der Waals surface area contributed by atoms with Gasteiger partial charge in [0.2, 0.25) is 5.91 Å². The van der Waals surface area contributed by atoms with Crippen LogP contribution in [0.5, 0.6) is 0 Å². The van der Waals surface area contributed by atoms with Gasteiger partial charge in [-0.05, 0) is 51.4 Å². The van der Waals surface area contributed by atoms with Crippen molar-refractivity contribution in [1.82, 2.24) is 24.6 Å². The fraction of sp³-hybridized carbons (Fsp3) is 0.682. The normalized spacial score (nSPS) is 26.7. The zero-order chi connectivity index (χ0) is 20.6. The van der Waals surface area contributed by atoms with E-state index in [4.69, 9.17) is 0 Å². The van der Waals surface area contributed by atoms with Gasteiger partial charge in [-0.25, -0.2) is 4.79 Å². The summed E-state index contributed by atoms with van der Waals surface area (Å²) in [6.07, 6.45) is 4.63. The van der Waals surface area contributed by atoms with E-state index in [2.05, 4.69) is 22.9 Å². The minimum atomic E-state index is -0.411. The molecule has 3 aliphatic rings. The number of fused-ring (bicyclic) bond motifs is 1. The molecule has 4 heterocycles. The molecule has 1 aromatic rings. The zero-order valence-electron chi connectivity index (χ0n) is 17.9. The fourth-order valence-electron chi connectivity index (χ4n) is 5.76. The van der Waals surface area contributed by atoms with Gasteiger partial charge < -0.3 is 14.7 Å². The van der Waals surface area contributed by atoms with E-state index in [-0.39, 0.29) is 17.4 Å². The van der Waals surface area contributed by atoms with Gasteiger partial charge in [0.25, 0.3) is 0 Å². The van der Waals surface area contributed by atoms with Gasteiger partial charge in [0, 0.05) is 58.4 Å². The van der Waals surface area contributed by atoms with Crippen molar-refractivity contribution in [2.75, 3.05) is 53.4 Å². The second-order valence-corrected chi connectivity index (χ2v) is 9.13. The van der Waals surface area contributed by atoms with E-state index in [9.17, 15) is 9.59 Å². The maximum absolute atomic E-state index is 13.5. The number of carbonyl (C=O) groups excluding carboxylic acids is 2. The molecule has 0 N–H and O–H groups in total. The Morgan fingerprint density at radius 3 is 2.48 bits per heavy atom. The Kier molecular flexibility index (Phi) is 5.27. The fourth-order valence-corrected chi connectivity index (χ4v) is 5.76. The molecule has 3 amide bonds.